The van der Waals surface area contributed by atoms with Crippen molar-refractivity contribution in [2.75, 3.05) is 23.7 Å². The molecule has 2 heterocycles. The molecule has 0 saturated carbocycles. The van der Waals surface area contributed by atoms with Crippen molar-refractivity contribution in [1.29, 1.82) is 0 Å². The molecule has 9 heteroatoms. The molecular formula is C22H21N3O5S. The minimum Gasteiger partial charge on any atom is -0.454 e. The first-order valence-corrected chi connectivity index (χ1v) is 11.6. The van der Waals surface area contributed by atoms with Crippen LogP contribution < -0.4 is 4.31 Å². The number of benzene rings is 2. The van der Waals surface area contributed by atoms with E-state index in [4.69, 9.17) is 4.74 Å². The molecule has 0 radical (unpaired) electrons. The van der Waals surface area contributed by atoms with Gasteiger partial charge in [0.1, 0.15) is 0 Å². The highest BCUT2D eigenvalue weighted by Crippen LogP contribution is 2.30. The second kappa shape index (κ2) is 8.35. The van der Waals surface area contributed by atoms with Crippen LogP contribution in [0.4, 0.5) is 5.69 Å². The highest BCUT2D eigenvalue weighted by atomic mass is 32.2. The average Bonchev–Trinajstić information content (AvgIpc) is 3.31. The van der Waals surface area contributed by atoms with Crippen LogP contribution in [0.1, 0.15) is 32.7 Å². The summed E-state index contributed by atoms with van der Waals surface area (Å²) < 4.78 is 32.1. The lowest BCUT2D eigenvalue weighted by Crippen LogP contribution is -2.34. The Labute approximate surface area is 180 Å². The van der Waals surface area contributed by atoms with E-state index in [2.05, 4.69) is 5.10 Å². The van der Waals surface area contributed by atoms with Gasteiger partial charge in [0.25, 0.3) is 0 Å². The van der Waals surface area contributed by atoms with Gasteiger partial charge in [-0.05, 0) is 66.9 Å². The van der Waals surface area contributed by atoms with Gasteiger partial charge in [-0.1, -0.05) is 0 Å². The monoisotopic (exact) mass is 439 g/mol. The van der Waals surface area contributed by atoms with Crippen molar-refractivity contribution in [3.8, 4) is 5.69 Å². The van der Waals surface area contributed by atoms with Crippen LogP contribution in [0.3, 0.4) is 0 Å². The van der Waals surface area contributed by atoms with Gasteiger partial charge >= 0.3 is 5.97 Å². The largest absolute Gasteiger partial charge is 0.454 e. The summed E-state index contributed by atoms with van der Waals surface area (Å²) in [4.78, 5) is 24.8. The topological polar surface area (TPSA) is 98.6 Å². The number of ketones is 1. The highest BCUT2D eigenvalue weighted by Gasteiger charge is 2.25. The zero-order valence-electron chi connectivity index (χ0n) is 16.9. The lowest BCUT2D eigenvalue weighted by atomic mass is 9.99. The lowest BCUT2D eigenvalue weighted by molar-refractivity contribution is 0.0474. The molecule has 4 rings (SSSR count). The number of nitrogens with zero attached hydrogens (tertiary/aromatic N) is 3. The van der Waals surface area contributed by atoms with Gasteiger partial charge in [0, 0.05) is 24.5 Å². The molecule has 8 nitrogen and oxygen atoms in total. The third-order valence-corrected chi connectivity index (χ3v) is 6.26. The number of rotatable bonds is 6. The lowest BCUT2D eigenvalue weighted by Gasteiger charge is -2.29. The van der Waals surface area contributed by atoms with Crippen molar-refractivity contribution >= 4 is 27.5 Å². The Morgan fingerprint density at radius 3 is 2.52 bits per heavy atom. The van der Waals surface area contributed by atoms with Crippen LogP contribution in [-0.2, 0) is 21.2 Å². The fourth-order valence-electron chi connectivity index (χ4n) is 3.55. The smallest absolute Gasteiger partial charge is 0.338 e. The minimum absolute atomic E-state index is 0.331. The molecule has 0 N–H and O–H groups in total. The second-order valence-corrected chi connectivity index (χ2v) is 9.19. The van der Waals surface area contributed by atoms with Crippen LogP contribution in [-0.4, -0.2) is 49.4 Å². The van der Waals surface area contributed by atoms with E-state index in [1.54, 1.807) is 65.6 Å². The predicted molar refractivity (Wildman–Crippen MR) is 115 cm³/mol. The Bertz CT molecular complexity index is 1220. The Kier molecular flexibility index (Phi) is 5.60. The summed E-state index contributed by atoms with van der Waals surface area (Å²) >= 11 is 0. The zero-order valence-corrected chi connectivity index (χ0v) is 17.7. The molecule has 0 saturated heterocycles. The standard InChI is InChI=1S/C22H21N3O5S/c1-31(28,29)25-13-2-4-17-14-18(7-10-20(17)25)21(26)15-30-22(27)16-5-8-19(9-6-16)24-12-3-11-23-24/h3,5-12,14H,2,4,13,15H2,1H3. The molecule has 0 bridgehead atoms. The third-order valence-electron chi connectivity index (χ3n) is 5.08. The SMILES string of the molecule is CS(=O)(=O)N1CCCc2cc(C(=O)COC(=O)c3ccc(-n4cccn4)cc3)ccc21. The van der Waals surface area contributed by atoms with Gasteiger partial charge in [0.05, 0.1) is 23.2 Å². The van der Waals surface area contributed by atoms with E-state index in [1.165, 1.54) is 10.6 Å². The van der Waals surface area contributed by atoms with Gasteiger partial charge < -0.3 is 4.74 Å². The van der Waals surface area contributed by atoms with Gasteiger partial charge in [0.15, 0.2) is 12.4 Å². The van der Waals surface area contributed by atoms with E-state index >= 15 is 0 Å². The van der Waals surface area contributed by atoms with E-state index in [0.29, 0.717) is 36.2 Å². The first-order chi connectivity index (χ1) is 14.8. The molecule has 3 aromatic rings. The van der Waals surface area contributed by atoms with Crippen molar-refractivity contribution in [2.24, 2.45) is 0 Å². The second-order valence-electron chi connectivity index (χ2n) is 7.28. The van der Waals surface area contributed by atoms with Crippen molar-refractivity contribution < 1.29 is 22.7 Å². The minimum atomic E-state index is -3.37. The van der Waals surface area contributed by atoms with E-state index in [1.807, 2.05) is 0 Å². The maximum atomic E-state index is 12.5. The quantitative estimate of drug-likeness (QED) is 0.433. The normalized spacial score (nSPS) is 13.5. The fraction of sp³-hybridized carbons (Fsp3) is 0.227. The molecular weight excluding hydrogens is 418 g/mol. The zero-order chi connectivity index (χ0) is 22.0. The van der Waals surface area contributed by atoms with E-state index in [0.717, 1.165) is 11.3 Å². The summed E-state index contributed by atoms with van der Waals surface area (Å²) in [5.41, 5.74) is 2.91. The predicted octanol–water partition coefficient (Wildman–Crippen LogP) is 2.62. The maximum absolute atomic E-state index is 12.5. The van der Waals surface area contributed by atoms with Gasteiger partial charge in [-0.25, -0.2) is 17.9 Å². The van der Waals surface area contributed by atoms with Crippen LogP contribution in [0.15, 0.2) is 60.9 Å². The van der Waals surface area contributed by atoms with Gasteiger partial charge in [-0.3, -0.25) is 9.10 Å². The van der Waals surface area contributed by atoms with Crippen LogP contribution in [0, 0.1) is 0 Å². The number of aryl methyl sites for hydroxylation is 1. The number of carbonyl (C=O) groups excluding carboxylic acids is 2. The number of ether oxygens (including phenoxy) is 1. The van der Waals surface area contributed by atoms with Crippen LogP contribution in [0.25, 0.3) is 5.69 Å². The maximum Gasteiger partial charge on any atom is 0.338 e. The Hall–Kier alpha value is -3.46. The van der Waals surface area contributed by atoms with Crippen LogP contribution in [0.2, 0.25) is 0 Å². The number of esters is 1. The number of hydrogen-bond acceptors (Lipinski definition) is 6. The molecule has 31 heavy (non-hydrogen) atoms. The molecule has 0 amide bonds. The van der Waals surface area contributed by atoms with Gasteiger partial charge in [-0.15, -0.1) is 0 Å². The van der Waals surface area contributed by atoms with Gasteiger partial charge in [-0.2, -0.15) is 5.10 Å². The molecule has 2 aromatic carbocycles. The molecule has 0 spiro atoms. The van der Waals surface area contributed by atoms with Crippen LogP contribution in [0.5, 0.6) is 0 Å². The van der Waals surface area contributed by atoms with Crippen molar-refractivity contribution in [1.82, 2.24) is 9.78 Å². The van der Waals surface area contributed by atoms with Gasteiger partial charge in [0.2, 0.25) is 10.0 Å². The Morgan fingerprint density at radius 2 is 1.84 bits per heavy atom. The number of anilines is 1. The highest BCUT2D eigenvalue weighted by molar-refractivity contribution is 7.92. The molecule has 0 unspecified atom stereocenters. The Balaban J connectivity index is 1.41. The molecule has 0 aliphatic carbocycles. The summed E-state index contributed by atoms with van der Waals surface area (Å²) in [6.07, 6.45) is 5.99. The molecule has 1 aromatic heterocycles. The Morgan fingerprint density at radius 1 is 1.10 bits per heavy atom. The number of aromatic nitrogens is 2. The number of fused-ring (bicyclic) bond motifs is 1. The summed E-state index contributed by atoms with van der Waals surface area (Å²) in [5, 5.41) is 4.12. The number of carbonyl (C=O) groups is 2. The van der Waals surface area contributed by atoms with Crippen molar-refractivity contribution in [3.63, 3.8) is 0 Å². The summed E-state index contributed by atoms with van der Waals surface area (Å²) in [6, 6.07) is 13.4. The fourth-order valence-corrected chi connectivity index (χ4v) is 4.55. The number of Topliss-reactive ketones (excluding diaryl/α,β-unsaturated/α-hetero) is 1. The number of hydrogen-bond donors (Lipinski definition) is 0. The first kappa shape index (κ1) is 20.8. The molecule has 1 aliphatic rings. The molecule has 1 aliphatic heterocycles. The van der Waals surface area contributed by atoms with E-state index in [9.17, 15) is 18.0 Å². The van der Waals surface area contributed by atoms with E-state index in [-0.39, 0.29) is 5.78 Å². The van der Waals surface area contributed by atoms with Crippen LogP contribution >= 0.6 is 0 Å². The summed E-state index contributed by atoms with van der Waals surface area (Å²) in [6.45, 7) is 0.0320. The van der Waals surface area contributed by atoms with Crippen molar-refractivity contribution in [3.05, 3.63) is 77.6 Å². The average molecular weight is 439 g/mol. The van der Waals surface area contributed by atoms with Crippen molar-refractivity contribution in [2.45, 2.75) is 12.8 Å². The number of sulfonamides is 1. The summed E-state index contributed by atoms with van der Waals surface area (Å²) in [7, 11) is -3.37. The first-order valence-electron chi connectivity index (χ1n) is 9.74. The summed E-state index contributed by atoms with van der Waals surface area (Å²) in [5.74, 6) is -0.942. The van der Waals surface area contributed by atoms with E-state index < -0.39 is 22.6 Å². The molecule has 160 valence electrons. The third kappa shape index (κ3) is 4.51. The molecule has 0 fully saturated rings. The molecule has 0 atom stereocenters.